The van der Waals surface area contributed by atoms with Gasteiger partial charge in [0.15, 0.2) is 0 Å². The van der Waals surface area contributed by atoms with Crippen molar-refractivity contribution >= 4 is 40.8 Å². The molecule has 4 nitrogen and oxygen atoms in total. The molecule has 1 aromatic heterocycles. The predicted octanol–water partition coefficient (Wildman–Crippen LogP) is 5.44. The molecule has 0 aliphatic carbocycles. The van der Waals surface area contributed by atoms with Crippen molar-refractivity contribution in [3.8, 4) is 16.9 Å². The molecule has 0 bridgehead atoms. The number of rotatable bonds is 4. The van der Waals surface area contributed by atoms with E-state index in [1.54, 1.807) is 35.0 Å². The molecule has 0 fully saturated rings. The first-order chi connectivity index (χ1) is 11.9. The van der Waals surface area contributed by atoms with E-state index in [-0.39, 0.29) is 6.42 Å². The lowest BCUT2D eigenvalue weighted by molar-refractivity contribution is -0.136. The highest BCUT2D eigenvalue weighted by atomic mass is 35.5. The van der Waals surface area contributed by atoms with Crippen LogP contribution < -0.4 is 0 Å². The molecule has 128 valence electrons. The van der Waals surface area contributed by atoms with Gasteiger partial charge in [-0.05, 0) is 42.8 Å². The van der Waals surface area contributed by atoms with Crippen LogP contribution in [0.1, 0.15) is 11.3 Å². The van der Waals surface area contributed by atoms with E-state index in [1.807, 2.05) is 19.1 Å². The summed E-state index contributed by atoms with van der Waals surface area (Å²) in [6.07, 6.45) is -0.176. The number of carbonyl (C=O) groups is 1. The molecule has 1 heterocycles. The molecule has 0 saturated heterocycles. The third-order valence-electron chi connectivity index (χ3n) is 3.79. The van der Waals surface area contributed by atoms with Gasteiger partial charge in [0.2, 0.25) is 0 Å². The minimum atomic E-state index is -0.947. The lowest BCUT2D eigenvalue weighted by Crippen LogP contribution is -2.04. The van der Waals surface area contributed by atoms with Gasteiger partial charge in [-0.3, -0.25) is 4.79 Å². The molecule has 0 amide bonds. The Morgan fingerprint density at radius 3 is 2.32 bits per heavy atom. The highest BCUT2D eigenvalue weighted by Crippen LogP contribution is 2.33. The van der Waals surface area contributed by atoms with Crippen LogP contribution in [0.3, 0.4) is 0 Å². The summed E-state index contributed by atoms with van der Waals surface area (Å²) in [7, 11) is 0. The third-order valence-corrected chi connectivity index (χ3v) is 4.58. The van der Waals surface area contributed by atoms with Gasteiger partial charge in [-0.25, -0.2) is 4.68 Å². The topological polar surface area (TPSA) is 55.1 Å². The Morgan fingerprint density at radius 1 is 1.08 bits per heavy atom. The number of nitrogens with zero attached hydrogens (tertiary/aromatic N) is 2. The van der Waals surface area contributed by atoms with Crippen molar-refractivity contribution in [3.05, 3.63) is 68.8 Å². The summed E-state index contributed by atoms with van der Waals surface area (Å²) >= 11 is 18.3. The number of carboxylic acids is 1. The second-order valence-electron chi connectivity index (χ2n) is 5.51. The van der Waals surface area contributed by atoms with E-state index >= 15 is 0 Å². The van der Waals surface area contributed by atoms with E-state index in [0.717, 1.165) is 16.8 Å². The smallest absolute Gasteiger partial charge is 0.309 e. The van der Waals surface area contributed by atoms with Crippen molar-refractivity contribution in [2.75, 3.05) is 0 Å². The van der Waals surface area contributed by atoms with Gasteiger partial charge in [0, 0.05) is 15.6 Å². The number of hydrogen-bond acceptors (Lipinski definition) is 2. The molecule has 0 unspecified atom stereocenters. The maximum Gasteiger partial charge on any atom is 0.309 e. The fraction of sp³-hybridized carbons (Fsp3) is 0.111. The molecule has 0 atom stereocenters. The Morgan fingerprint density at radius 2 is 1.72 bits per heavy atom. The third kappa shape index (κ3) is 3.66. The number of carboxylic acid groups (broad SMARTS) is 1. The maximum atomic E-state index is 11.2. The van der Waals surface area contributed by atoms with Gasteiger partial charge in [0.05, 0.1) is 28.5 Å². The van der Waals surface area contributed by atoms with Crippen molar-refractivity contribution in [1.29, 1.82) is 0 Å². The highest BCUT2D eigenvalue weighted by Gasteiger charge is 2.20. The largest absolute Gasteiger partial charge is 0.481 e. The molecule has 0 aliphatic heterocycles. The summed E-state index contributed by atoms with van der Waals surface area (Å²) in [5, 5.41) is 15.2. The second kappa shape index (κ2) is 7.08. The quantitative estimate of drug-likeness (QED) is 0.640. The number of aliphatic carboxylic acids is 1. The maximum absolute atomic E-state index is 11.2. The zero-order chi connectivity index (χ0) is 18.1. The molecule has 0 spiro atoms. The fourth-order valence-electron chi connectivity index (χ4n) is 2.63. The van der Waals surface area contributed by atoms with E-state index in [1.165, 1.54) is 0 Å². The van der Waals surface area contributed by atoms with Crippen LogP contribution in [0, 0.1) is 6.92 Å². The Balaban J connectivity index is 2.25. The van der Waals surface area contributed by atoms with Crippen molar-refractivity contribution in [1.82, 2.24) is 9.78 Å². The number of halogens is 3. The Hall–Kier alpha value is -2.01. The van der Waals surface area contributed by atoms with Gasteiger partial charge in [-0.2, -0.15) is 5.10 Å². The first kappa shape index (κ1) is 17.8. The van der Waals surface area contributed by atoms with Gasteiger partial charge in [0.1, 0.15) is 0 Å². The predicted molar refractivity (Wildman–Crippen MR) is 100 cm³/mol. The first-order valence-electron chi connectivity index (χ1n) is 7.38. The van der Waals surface area contributed by atoms with Crippen LogP contribution in [-0.2, 0) is 11.2 Å². The van der Waals surface area contributed by atoms with E-state index in [4.69, 9.17) is 39.9 Å². The SMILES string of the molecule is Cc1c(CC(=O)O)nn(-c2ccc(Cl)cc2Cl)c1-c1ccc(Cl)cc1. The Labute approximate surface area is 159 Å². The average molecular weight is 396 g/mol. The van der Waals surface area contributed by atoms with Crippen LogP contribution in [0.4, 0.5) is 0 Å². The molecular formula is C18H13Cl3N2O2. The molecule has 25 heavy (non-hydrogen) atoms. The minimum absolute atomic E-state index is 0.176. The molecular weight excluding hydrogens is 383 g/mol. The molecule has 7 heteroatoms. The lowest BCUT2D eigenvalue weighted by atomic mass is 10.1. The zero-order valence-corrected chi connectivity index (χ0v) is 15.4. The van der Waals surface area contributed by atoms with Gasteiger partial charge in [-0.15, -0.1) is 0 Å². The van der Waals surface area contributed by atoms with E-state index < -0.39 is 5.97 Å². The monoisotopic (exact) mass is 394 g/mol. The molecule has 0 saturated carbocycles. The van der Waals surface area contributed by atoms with Gasteiger partial charge in [0.25, 0.3) is 0 Å². The summed E-state index contributed by atoms with van der Waals surface area (Å²) in [5.74, 6) is -0.947. The van der Waals surface area contributed by atoms with Crippen molar-refractivity contribution in [3.63, 3.8) is 0 Å². The highest BCUT2D eigenvalue weighted by molar-refractivity contribution is 6.35. The standard InChI is InChI=1S/C18H13Cl3N2O2/c1-10-15(9-17(24)25)22-23(16-7-6-13(20)8-14(16)21)18(10)11-2-4-12(19)5-3-11/h2-8H,9H2,1H3,(H,24,25). The molecule has 3 rings (SSSR count). The van der Waals surface area contributed by atoms with Gasteiger partial charge in [-0.1, -0.05) is 46.9 Å². The molecule has 2 aromatic carbocycles. The summed E-state index contributed by atoms with van der Waals surface area (Å²) in [6.45, 7) is 1.84. The number of hydrogen-bond donors (Lipinski definition) is 1. The zero-order valence-electron chi connectivity index (χ0n) is 13.1. The minimum Gasteiger partial charge on any atom is -0.481 e. The lowest BCUT2D eigenvalue weighted by Gasteiger charge is -2.11. The van der Waals surface area contributed by atoms with Crippen LogP contribution in [0.25, 0.3) is 16.9 Å². The summed E-state index contributed by atoms with van der Waals surface area (Å²) in [6, 6.07) is 12.3. The van der Waals surface area contributed by atoms with Gasteiger partial charge >= 0.3 is 5.97 Å². The normalized spacial score (nSPS) is 10.9. The summed E-state index contributed by atoms with van der Waals surface area (Å²) in [4.78, 5) is 11.2. The molecule has 1 N–H and O–H groups in total. The molecule has 0 radical (unpaired) electrons. The van der Waals surface area contributed by atoms with E-state index in [0.29, 0.717) is 26.4 Å². The van der Waals surface area contributed by atoms with Crippen LogP contribution in [0.15, 0.2) is 42.5 Å². The van der Waals surface area contributed by atoms with Crippen LogP contribution in [0.2, 0.25) is 15.1 Å². The van der Waals surface area contributed by atoms with Gasteiger partial charge < -0.3 is 5.11 Å². The summed E-state index contributed by atoms with van der Waals surface area (Å²) < 4.78 is 1.65. The van der Waals surface area contributed by atoms with E-state index in [2.05, 4.69) is 5.10 Å². The van der Waals surface area contributed by atoms with Crippen LogP contribution in [0.5, 0.6) is 0 Å². The van der Waals surface area contributed by atoms with Crippen LogP contribution in [-0.4, -0.2) is 20.9 Å². The van der Waals surface area contributed by atoms with Crippen molar-refractivity contribution in [2.24, 2.45) is 0 Å². The Kier molecular flexibility index (Phi) is 5.04. The first-order valence-corrected chi connectivity index (χ1v) is 8.52. The number of aromatic nitrogens is 2. The summed E-state index contributed by atoms with van der Waals surface area (Å²) in [5.41, 5.74) is 3.49. The van der Waals surface area contributed by atoms with Crippen LogP contribution >= 0.6 is 34.8 Å². The fourth-order valence-corrected chi connectivity index (χ4v) is 3.24. The second-order valence-corrected chi connectivity index (χ2v) is 6.79. The van der Waals surface area contributed by atoms with Crippen molar-refractivity contribution < 1.29 is 9.90 Å². The van der Waals surface area contributed by atoms with Crippen molar-refractivity contribution in [2.45, 2.75) is 13.3 Å². The Bertz CT molecular complexity index is 950. The van der Waals surface area contributed by atoms with E-state index in [9.17, 15) is 4.79 Å². The molecule has 3 aromatic rings. The molecule has 0 aliphatic rings. The average Bonchev–Trinajstić information content (AvgIpc) is 2.84. The number of benzene rings is 2.